The monoisotopic (exact) mass is 373 g/mol. The summed E-state index contributed by atoms with van der Waals surface area (Å²) in [6, 6.07) is 8.83. The van der Waals surface area contributed by atoms with Gasteiger partial charge in [0, 0.05) is 30.6 Å². The van der Waals surface area contributed by atoms with Crippen molar-refractivity contribution >= 4 is 11.6 Å². The minimum atomic E-state index is 0.351. The third-order valence-electron chi connectivity index (χ3n) is 5.60. The molecule has 0 bridgehead atoms. The minimum absolute atomic E-state index is 0.351. The molecular formula is C21H24ClNO3. The number of rotatable bonds is 5. The van der Waals surface area contributed by atoms with E-state index in [-0.39, 0.29) is 0 Å². The summed E-state index contributed by atoms with van der Waals surface area (Å²) in [7, 11) is 5.11. The van der Waals surface area contributed by atoms with Gasteiger partial charge in [0.15, 0.2) is 11.5 Å². The second-order valence-corrected chi connectivity index (χ2v) is 7.16. The van der Waals surface area contributed by atoms with Crippen molar-refractivity contribution in [2.45, 2.75) is 18.9 Å². The Morgan fingerprint density at radius 2 is 1.92 bits per heavy atom. The second-order valence-electron chi connectivity index (χ2n) is 6.78. The molecule has 0 spiro atoms. The van der Waals surface area contributed by atoms with Crippen LogP contribution in [0, 0.1) is 0 Å². The molecule has 0 fully saturated rings. The van der Waals surface area contributed by atoms with E-state index >= 15 is 0 Å². The van der Waals surface area contributed by atoms with Crippen LogP contribution >= 0.6 is 11.6 Å². The summed E-state index contributed by atoms with van der Waals surface area (Å²) in [5, 5.41) is 0. The second kappa shape index (κ2) is 7.01. The number of benzene rings is 2. The summed E-state index contributed by atoms with van der Waals surface area (Å²) in [6.45, 7) is 1.93. The highest BCUT2D eigenvalue weighted by Gasteiger charge is 2.36. The van der Waals surface area contributed by atoms with Crippen LogP contribution in [0.15, 0.2) is 24.3 Å². The van der Waals surface area contributed by atoms with E-state index < -0.39 is 0 Å². The van der Waals surface area contributed by atoms with Crippen LogP contribution in [0.2, 0.25) is 0 Å². The Bertz CT molecular complexity index is 836. The van der Waals surface area contributed by atoms with E-state index in [4.69, 9.17) is 25.8 Å². The fourth-order valence-electron chi connectivity index (χ4n) is 4.46. The van der Waals surface area contributed by atoms with Crippen molar-refractivity contribution < 1.29 is 14.2 Å². The summed E-state index contributed by atoms with van der Waals surface area (Å²) in [5.74, 6) is 3.10. The molecule has 2 aliphatic rings. The standard InChI is InChI=1S/C21H24ClNO3/c1-24-15-10-14-6-8-23(9-7-22)17-11-13-4-5-18(25-2)21(26-3)20(13)16(12-15)19(14)17/h4-5,10,12,17H,6-9,11H2,1-3H3/t17-/m0/s1. The molecule has 26 heavy (non-hydrogen) atoms. The Morgan fingerprint density at radius 3 is 2.62 bits per heavy atom. The number of fused-ring (bicyclic) bond motifs is 2. The Balaban J connectivity index is 1.98. The predicted molar refractivity (Wildman–Crippen MR) is 104 cm³/mol. The topological polar surface area (TPSA) is 30.9 Å². The Hall–Kier alpha value is -1.91. The maximum absolute atomic E-state index is 6.08. The Kier molecular flexibility index (Phi) is 4.72. The van der Waals surface area contributed by atoms with Crippen LogP contribution in [0.4, 0.5) is 0 Å². The number of hydrogen-bond donors (Lipinski definition) is 0. The zero-order chi connectivity index (χ0) is 18.3. The maximum Gasteiger partial charge on any atom is 0.168 e. The quantitative estimate of drug-likeness (QED) is 0.739. The molecule has 1 atom stereocenters. The highest BCUT2D eigenvalue weighted by molar-refractivity contribution is 6.18. The van der Waals surface area contributed by atoms with Gasteiger partial charge in [0.1, 0.15) is 5.75 Å². The molecule has 0 amide bonds. The minimum Gasteiger partial charge on any atom is -0.497 e. The third-order valence-corrected chi connectivity index (χ3v) is 5.77. The van der Waals surface area contributed by atoms with Crippen molar-refractivity contribution in [3.8, 4) is 28.4 Å². The number of alkyl halides is 1. The average molecular weight is 374 g/mol. The molecule has 0 radical (unpaired) electrons. The van der Waals surface area contributed by atoms with Crippen molar-refractivity contribution in [3.63, 3.8) is 0 Å². The van der Waals surface area contributed by atoms with Gasteiger partial charge in [-0.1, -0.05) is 6.07 Å². The molecule has 0 N–H and O–H groups in total. The van der Waals surface area contributed by atoms with Gasteiger partial charge in [-0.05, 0) is 53.3 Å². The summed E-state index contributed by atoms with van der Waals surface area (Å²) in [5.41, 5.74) is 6.36. The van der Waals surface area contributed by atoms with E-state index in [2.05, 4.69) is 23.1 Å². The van der Waals surface area contributed by atoms with Crippen molar-refractivity contribution in [1.29, 1.82) is 0 Å². The number of hydrogen-bond acceptors (Lipinski definition) is 4. The lowest BCUT2D eigenvalue weighted by Gasteiger charge is -2.42. The van der Waals surface area contributed by atoms with Gasteiger partial charge in [-0.2, -0.15) is 0 Å². The van der Waals surface area contributed by atoms with E-state index in [0.29, 0.717) is 11.9 Å². The number of nitrogens with zero attached hydrogens (tertiary/aromatic N) is 1. The van der Waals surface area contributed by atoms with Crippen molar-refractivity contribution in [2.24, 2.45) is 0 Å². The van der Waals surface area contributed by atoms with Gasteiger partial charge < -0.3 is 14.2 Å². The lowest BCUT2D eigenvalue weighted by Crippen LogP contribution is -2.39. The molecule has 0 saturated carbocycles. The first-order valence-electron chi connectivity index (χ1n) is 8.96. The van der Waals surface area contributed by atoms with E-state index in [1.54, 1.807) is 21.3 Å². The molecule has 2 aromatic carbocycles. The summed E-state index contributed by atoms with van der Waals surface area (Å²) in [4.78, 5) is 2.50. The van der Waals surface area contributed by atoms with Gasteiger partial charge in [-0.15, -0.1) is 11.6 Å². The van der Waals surface area contributed by atoms with Crippen LogP contribution < -0.4 is 14.2 Å². The first-order valence-corrected chi connectivity index (χ1v) is 9.50. The molecular weight excluding hydrogens is 350 g/mol. The average Bonchev–Trinajstić information content (AvgIpc) is 2.68. The molecule has 5 heteroatoms. The van der Waals surface area contributed by atoms with Crippen LogP contribution in [-0.4, -0.2) is 45.2 Å². The number of methoxy groups -OCH3 is 3. The van der Waals surface area contributed by atoms with Crippen molar-refractivity contribution in [3.05, 3.63) is 41.0 Å². The van der Waals surface area contributed by atoms with Gasteiger partial charge in [-0.25, -0.2) is 0 Å². The van der Waals surface area contributed by atoms with Crippen LogP contribution in [0.25, 0.3) is 11.1 Å². The fourth-order valence-corrected chi connectivity index (χ4v) is 4.68. The van der Waals surface area contributed by atoms with Gasteiger partial charge in [0.25, 0.3) is 0 Å². The summed E-state index contributed by atoms with van der Waals surface area (Å²) >= 11 is 6.08. The largest absolute Gasteiger partial charge is 0.497 e. The van der Waals surface area contributed by atoms with Crippen LogP contribution in [0.5, 0.6) is 17.2 Å². The third kappa shape index (κ3) is 2.63. The maximum atomic E-state index is 6.08. The molecule has 2 aromatic rings. The Labute approximate surface area is 159 Å². The zero-order valence-electron chi connectivity index (χ0n) is 15.5. The van der Waals surface area contributed by atoms with E-state index in [9.17, 15) is 0 Å². The molecule has 1 aliphatic carbocycles. The van der Waals surface area contributed by atoms with Crippen molar-refractivity contribution in [1.82, 2.24) is 4.90 Å². The zero-order valence-corrected chi connectivity index (χ0v) is 16.2. The highest BCUT2D eigenvalue weighted by Crippen LogP contribution is 2.51. The normalized spacial score (nSPS) is 18.1. The number of ether oxygens (including phenoxy) is 3. The lowest BCUT2D eigenvalue weighted by molar-refractivity contribution is 0.193. The lowest BCUT2D eigenvalue weighted by atomic mass is 9.76. The molecule has 0 aromatic heterocycles. The molecule has 0 unspecified atom stereocenters. The van der Waals surface area contributed by atoms with E-state index in [0.717, 1.165) is 48.7 Å². The van der Waals surface area contributed by atoms with Gasteiger partial charge in [0.05, 0.1) is 21.3 Å². The van der Waals surface area contributed by atoms with Crippen LogP contribution in [0.3, 0.4) is 0 Å². The van der Waals surface area contributed by atoms with Crippen LogP contribution in [-0.2, 0) is 12.8 Å². The smallest absolute Gasteiger partial charge is 0.168 e. The Morgan fingerprint density at radius 1 is 1.08 bits per heavy atom. The van der Waals surface area contributed by atoms with Crippen molar-refractivity contribution in [2.75, 3.05) is 40.3 Å². The SMILES string of the molecule is COc1cc2c3c(c1)-c1c(ccc(OC)c1OC)C[C@@H]3N(CCCl)CC2. The fraction of sp³-hybridized carbons (Fsp3) is 0.429. The highest BCUT2D eigenvalue weighted by atomic mass is 35.5. The number of halogens is 1. The summed E-state index contributed by atoms with van der Waals surface area (Å²) in [6.07, 6.45) is 1.97. The molecule has 1 heterocycles. The predicted octanol–water partition coefficient (Wildman–Crippen LogP) is 4.07. The molecule has 4 rings (SSSR count). The molecule has 138 valence electrons. The molecule has 0 saturated heterocycles. The van der Waals surface area contributed by atoms with Gasteiger partial charge in [-0.3, -0.25) is 4.90 Å². The molecule has 1 aliphatic heterocycles. The van der Waals surface area contributed by atoms with Gasteiger partial charge in [0.2, 0.25) is 0 Å². The molecule has 4 nitrogen and oxygen atoms in total. The van der Waals surface area contributed by atoms with Crippen LogP contribution in [0.1, 0.15) is 22.7 Å². The van der Waals surface area contributed by atoms with Gasteiger partial charge >= 0.3 is 0 Å². The van der Waals surface area contributed by atoms with E-state index in [1.165, 1.54) is 22.3 Å². The summed E-state index contributed by atoms with van der Waals surface area (Å²) < 4.78 is 16.9. The first-order chi connectivity index (χ1) is 12.7. The first kappa shape index (κ1) is 17.5. The van der Waals surface area contributed by atoms with E-state index in [1.807, 2.05) is 6.07 Å².